The molecule has 1 aromatic carbocycles. The van der Waals surface area contributed by atoms with E-state index in [1.54, 1.807) is 11.8 Å². The van der Waals surface area contributed by atoms with Crippen LogP contribution in [0.15, 0.2) is 35.2 Å². The van der Waals surface area contributed by atoms with E-state index >= 15 is 0 Å². The Labute approximate surface area is 119 Å². The number of thioether (sulfide) groups is 1. The second-order valence-corrected chi connectivity index (χ2v) is 5.87. The molecule has 0 aromatic heterocycles. The van der Waals surface area contributed by atoms with E-state index in [0.717, 1.165) is 31.6 Å². The fourth-order valence-corrected chi connectivity index (χ4v) is 2.93. The minimum absolute atomic E-state index is 0.143. The molecule has 1 atom stereocenters. The highest BCUT2D eigenvalue weighted by atomic mass is 32.2. The summed E-state index contributed by atoms with van der Waals surface area (Å²) in [5.41, 5.74) is 0. The summed E-state index contributed by atoms with van der Waals surface area (Å²) < 4.78 is 5.47. The summed E-state index contributed by atoms with van der Waals surface area (Å²) in [6.07, 6.45) is 3.95. The molecule has 1 N–H and O–H groups in total. The molecule has 0 saturated carbocycles. The predicted octanol–water partition coefficient (Wildman–Crippen LogP) is 2.85. The molecule has 0 unspecified atom stereocenters. The van der Waals surface area contributed by atoms with Crippen molar-refractivity contribution < 1.29 is 9.53 Å². The van der Waals surface area contributed by atoms with Crippen LogP contribution in [-0.4, -0.2) is 30.9 Å². The van der Waals surface area contributed by atoms with Gasteiger partial charge < -0.3 is 10.1 Å². The minimum atomic E-state index is 0.143. The second-order valence-electron chi connectivity index (χ2n) is 4.70. The predicted molar refractivity (Wildman–Crippen MR) is 78.4 cm³/mol. The maximum Gasteiger partial charge on any atom is 0.220 e. The molecule has 104 valence electrons. The number of rotatable bonds is 7. The van der Waals surface area contributed by atoms with E-state index in [1.807, 2.05) is 18.2 Å². The summed E-state index contributed by atoms with van der Waals surface area (Å²) in [5.74, 6) is 1.13. The van der Waals surface area contributed by atoms with Crippen LogP contribution in [0.2, 0.25) is 0 Å². The van der Waals surface area contributed by atoms with Crippen molar-refractivity contribution in [3.63, 3.8) is 0 Å². The van der Waals surface area contributed by atoms with Crippen LogP contribution in [0.25, 0.3) is 0 Å². The summed E-state index contributed by atoms with van der Waals surface area (Å²) in [5, 5.41) is 2.95. The Morgan fingerprint density at radius 3 is 2.95 bits per heavy atom. The zero-order chi connectivity index (χ0) is 13.3. The van der Waals surface area contributed by atoms with Crippen LogP contribution in [0.5, 0.6) is 0 Å². The number of benzene rings is 1. The number of amides is 1. The molecule has 1 aromatic rings. The Hall–Kier alpha value is -1.00. The lowest BCUT2D eigenvalue weighted by Crippen LogP contribution is -2.31. The highest BCUT2D eigenvalue weighted by molar-refractivity contribution is 7.99. The van der Waals surface area contributed by atoms with Crippen molar-refractivity contribution in [2.45, 2.75) is 36.7 Å². The fraction of sp³-hybridized carbons (Fsp3) is 0.533. The third-order valence-corrected chi connectivity index (χ3v) is 4.21. The zero-order valence-corrected chi connectivity index (χ0v) is 12.0. The van der Waals surface area contributed by atoms with E-state index in [4.69, 9.17) is 4.74 Å². The van der Waals surface area contributed by atoms with Crippen molar-refractivity contribution in [1.29, 1.82) is 0 Å². The Bertz CT molecular complexity index is 377. The molecule has 1 aliphatic heterocycles. The molecule has 3 nitrogen and oxygen atoms in total. The maximum atomic E-state index is 11.6. The van der Waals surface area contributed by atoms with Crippen molar-refractivity contribution in [3.8, 4) is 0 Å². The quantitative estimate of drug-likeness (QED) is 0.616. The summed E-state index contributed by atoms with van der Waals surface area (Å²) in [6.45, 7) is 1.51. The molecule has 2 rings (SSSR count). The van der Waals surface area contributed by atoms with Gasteiger partial charge in [-0.2, -0.15) is 0 Å². The number of carbonyl (C=O) groups excluding carboxylic acids is 1. The van der Waals surface area contributed by atoms with Crippen LogP contribution in [0.1, 0.15) is 25.7 Å². The van der Waals surface area contributed by atoms with Crippen LogP contribution in [0, 0.1) is 0 Å². The second kappa shape index (κ2) is 8.23. The molecule has 1 saturated heterocycles. The van der Waals surface area contributed by atoms with E-state index in [2.05, 4.69) is 17.4 Å². The van der Waals surface area contributed by atoms with Gasteiger partial charge in [0.05, 0.1) is 6.10 Å². The van der Waals surface area contributed by atoms with Gasteiger partial charge >= 0.3 is 0 Å². The lowest BCUT2D eigenvalue weighted by atomic mass is 10.2. The molecule has 4 heteroatoms. The molecule has 0 spiro atoms. The highest BCUT2D eigenvalue weighted by Gasteiger charge is 2.15. The van der Waals surface area contributed by atoms with Gasteiger partial charge in [0.1, 0.15) is 0 Å². The van der Waals surface area contributed by atoms with Crippen LogP contribution in [0.3, 0.4) is 0 Å². The first kappa shape index (κ1) is 14.4. The summed E-state index contributed by atoms with van der Waals surface area (Å²) in [7, 11) is 0. The van der Waals surface area contributed by atoms with Gasteiger partial charge in [-0.1, -0.05) is 18.2 Å². The van der Waals surface area contributed by atoms with E-state index in [0.29, 0.717) is 13.0 Å². The van der Waals surface area contributed by atoms with Gasteiger partial charge in [-0.15, -0.1) is 11.8 Å². The smallest absolute Gasteiger partial charge is 0.220 e. The molecule has 19 heavy (non-hydrogen) atoms. The van der Waals surface area contributed by atoms with Gasteiger partial charge in [0.25, 0.3) is 0 Å². The average molecular weight is 279 g/mol. The van der Waals surface area contributed by atoms with Crippen molar-refractivity contribution in [3.05, 3.63) is 30.3 Å². The molecule has 0 bridgehead atoms. The van der Waals surface area contributed by atoms with E-state index in [-0.39, 0.29) is 12.0 Å². The molecule has 1 fully saturated rings. The van der Waals surface area contributed by atoms with Crippen molar-refractivity contribution >= 4 is 17.7 Å². The Kier molecular flexibility index (Phi) is 6.24. The number of ether oxygens (including phenoxy) is 1. The molecule has 1 amide bonds. The van der Waals surface area contributed by atoms with E-state index in [9.17, 15) is 4.79 Å². The molecular weight excluding hydrogens is 258 g/mol. The molecular formula is C15H21NO2S. The van der Waals surface area contributed by atoms with Crippen LogP contribution >= 0.6 is 11.8 Å². The third-order valence-electron chi connectivity index (χ3n) is 3.11. The highest BCUT2D eigenvalue weighted by Crippen LogP contribution is 2.18. The third kappa shape index (κ3) is 5.66. The van der Waals surface area contributed by atoms with Gasteiger partial charge in [0.2, 0.25) is 5.91 Å². The molecule has 1 heterocycles. The van der Waals surface area contributed by atoms with Crippen LogP contribution < -0.4 is 5.32 Å². The van der Waals surface area contributed by atoms with Crippen LogP contribution in [-0.2, 0) is 9.53 Å². The van der Waals surface area contributed by atoms with Gasteiger partial charge in [0.15, 0.2) is 0 Å². The van der Waals surface area contributed by atoms with E-state index < -0.39 is 0 Å². The van der Waals surface area contributed by atoms with Gasteiger partial charge in [0, 0.05) is 24.5 Å². The van der Waals surface area contributed by atoms with Gasteiger partial charge in [-0.25, -0.2) is 0 Å². The molecule has 0 aliphatic carbocycles. The number of hydrogen-bond donors (Lipinski definition) is 1. The average Bonchev–Trinajstić information content (AvgIpc) is 2.96. The first-order valence-corrected chi connectivity index (χ1v) is 7.89. The van der Waals surface area contributed by atoms with Crippen molar-refractivity contribution in [2.24, 2.45) is 0 Å². The minimum Gasteiger partial charge on any atom is -0.376 e. The first-order valence-electron chi connectivity index (χ1n) is 6.91. The largest absolute Gasteiger partial charge is 0.376 e. The fourth-order valence-electron chi connectivity index (χ4n) is 2.06. The van der Waals surface area contributed by atoms with E-state index in [1.165, 1.54) is 4.90 Å². The van der Waals surface area contributed by atoms with Crippen molar-refractivity contribution in [1.82, 2.24) is 5.32 Å². The Morgan fingerprint density at radius 1 is 1.37 bits per heavy atom. The lowest BCUT2D eigenvalue weighted by molar-refractivity contribution is -0.121. The molecule has 0 radical (unpaired) electrons. The van der Waals surface area contributed by atoms with Gasteiger partial charge in [-0.05, 0) is 37.1 Å². The van der Waals surface area contributed by atoms with Crippen molar-refractivity contribution in [2.75, 3.05) is 18.9 Å². The Balaban J connectivity index is 1.51. The topological polar surface area (TPSA) is 38.3 Å². The van der Waals surface area contributed by atoms with Gasteiger partial charge in [-0.3, -0.25) is 4.79 Å². The lowest BCUT2D eigenvalue weighted by Gasteiger charge is -2.10. The SMILES string of the molecule is O=C(CCCSc1ccccc1)NC[C@H]1CCCO1. The molecule has 1 aliphatic rings. The standard InChI is InChI=1S/C15H21NO2S/c17-15(16-12-13-6-4-10-18-13)9-5-11-19-14-7-2-1-3-8-14/h1-3,7-8,13H,4-6,9-12H2,(H,16,17)/t13-/m1/s1. The first-order chi connectivity index (χ1) is 9.34. The number of nitrogens with one attached hydrogen (secondary N) is 1. The number of carbonyl (C=O) groups is 1. The summed E-state index contributed by atoms with van der Waals surface area (Å²) in [6, 6.07) is 10.3. The summed E-state index contributed by atoms with van der Waals surface area (Å²) >= 11 is 1.80. The normalized spacial score (nSPS) is 18.4. The number of hydrogen-bond acceptors (Lipinski definition) is 3. The zero-order valence-electron chi connectivity index (χ0n) is 11.1. The Morgan fingerprint density at radius 2 is 2.21 bits per heavy atom. The summed E-state index contributed by atoms with van der Waals surface area (Å²) in [4.78, 5) is 12.9. The van der Waals surface area contributed by atoms with Crippen LogP contribution in [0.4, 0.5) is 0 Å². The maximum absolute atomic E-state index is 11.6. The monoisotopic (exact) mass is 279 g/mol.